The molecule has 2 aliphatic heterocycles. The predicted octanol–water partition coefficient (Wildman–Crippen LogP) is 5.60. The van der Waals surface area contributed by atoms with Gasteiger partial charge < -0.3 is 34.9 Å². The van der Waals surface area contributed by atoms with E-state index in [1.165, 1.54) is 11.9 Å². The zero-order valence-corrected chi connectivity index (χ0v) is 39.9. The molecule has 2 aromatic rings. The van der Waals surface area contributed by atoms with Gasteiger partial charge in [0.1, 0.15) is 36.1 Å². The molecule has 4 saturated carbocycles. The fraction of sp³-hybridized carbons (Fsp3) is 0.694. The molecule has 0 unspecified atom stereocenters. The number of nitrogens with one attached hydrogen (secondary N) is 2. The minimum atomic E-state index is -3.93. The number of likely N-dealkylation sites (N-methyl/N-ethyl adjacent to an activating group) is 1. The fourth-order valence-corrected chi connectivity index (χ4v) is 12.3. The molecule has 4 amide bonds. The number of likely N-dealkylation sites (tertiary alicyclic amines) is 1. The number of rotatable bonds is 20. The summed E-state index contributed by atoms with van der Waals surface area (Å²) >= 11 is 0. The third-order valence-corrected chi connectivity index (χ3v) is 18.1. The molecule has 0 bridgehead atoms. The highest BCUT2D eigenvalue weighted by atomic mass is 32.2. The van der Waals surface area contributed by atoms with E-state index >= 15 is 0 Å². The lowest BCUT2D eigenvalue weighted by Crippen LogP contribution is -2.61. The number of aromatic hydroxyl groups is 1. The quantitative estimate of drug-likeness (QED) is 0.110. The monoisotopic (exact) mass is 934 g/mol. The Morgan fingerprint density at radius 2 is 1.77 bits per heavy atom. The molecule has 1 aromatic carbocycles. The molecule has 0 radical (unpaired) electrons. The minimum absolute atomic E-state index is 0.000392. The number of aromatic nitrogens is 1. The van der Waals surface area contributed by atoms with Crippen molar-refractivity contribution in [3.63, 3.8) is 0 Å². The van der Waals surface area contributed by atoms with Crippen LogP contribution in [0.25, 0.3) is 10.9 Å². The molecule has 8 rings (SSSR count). The van der Waals surface area contributed by atoms with Crippen molar-refractivity contribution in [2.24, 2.45) is 17.3 Å². The molecule has 66 heavy (non-hydrogen) atoms. The van der Waals surface area contributed by atoms with Crippen LogP contribution in [0.3, 0.4) is 0 Å². The van der Waals surface area contributed by atoms with E-state index < -0.39 is 61.6 Å². The highest BCUT2D eigenvalue weighted by Gasteiger charge is 2.64. The van der Waals surface area contributed by atoms with E-state index in [1.807, 2.05) is 31.2 Å². The van der Waals surface area contributed by atoms with Crippen LogP contribution in [0.1, 0.15) is 116 Å². The average molecular weight is 935 g/mol. The van der Waals surface area contributed by atoms with Gasteiger partial charge in [0.25, 0.3) is 5.91 Å². The van der Waals surface area contributed by atoms with Gasteiger partial charge in [-0.2, -0.15) is 0 Å². The van der Waals surface area contributed by atoms with Crippen LogP contribution in [0.5, 0.6) is 11.6 Å². The zero-order valence-electron chi connectivity index (χ0n) is 39.1. The van der Waals surface area contributed by atoms with Crippen LogP contribution in [-0.4, -0.2) is 138 Å². The van der Waals surface area contributed by atoms with Gasteiger partial charge in [0.15, 0.2) is 0 Å². The topological polar surface area (TPSA) is 197 Å². The number of pyridine rings is 1. The Kier molecular flexibility index (Phi) is 14.3. The Labute approximate surface area is 389 Å². The number of carbonyl (C=O) groups is 4. The number of sulfonamides is 1. The van der Waals surface area contributed by atoms with Crippen molar-refractivity contribution in [3.8, 4) is 11.6 Å². The predicted molar refractivity (Wildman–Crippen MR) is 248 cm³/mol. The van der Waals surface area contributed by atoms with Crippen molar-refractivity contribution >= 4 is 44.7 Å². The summed E-state index contributed by atoms with van der Waals surface area (Å²) in [7, 11) is -2.68. The third kappa shape index (κ3) is 10.0. The molecule has 1 aromatic heterocycles. The lowest BCUT2D eigenvalue weighted by atomic mass is 9.70. The first-order valence-electron chi connectivity index (χ1n) is 24.4. The van der Waals surface area contributed by atoms with Gasteiger partial charge >= 0.3 is 6.09 Å². The molecule has 0 spiro atoms. The molecule has 6 atom stereocenters. The second kappa shape index (κ2) is 19.6. The Hall–Kier alpha value is -4.48. The molecular weight excluding hydrogens is 865 g/mol. The first-order valence-corrected chi connectivity index (χ1v) is 25.8. The number of benzene rings is 1. The number of ether oxygens (including phenoxy) is 3. The van der Waals surface area contributed by atoms with Crippen LogP contribution in [0.15, 0.2) is 36.9 Å². The van der Waals surface area contributed by atoms with Gasteiger partial charge in [-0.15, -0.1) is 6.58 Å². The number of hydrogen-bond donors (Lipinski definition) is 3. The number of nitrogens with zero attached hydrogens (tertiary/aromatic N) is 4. The van der Waals surface area contributed by atoms with Gasteiger partial charge in [-0.1, -0.05) is 57.2 Å². The minimum Gasteiger partial charge on any atom is -0.493 e. The number of morpholine rings is 1. The van der Waals surface area contributed by atoms with Crippen molar-refractivity contribution in [1.82, 2.24) is 29.7 Å². The smallest absolute Gasteiger partial charge is 0.408 e. The van der Waals surface area contributed by atoms with Crippen LogP contribution in [0.4, 0.5) is 4.79 Å². The Bertz CT molecular complexity index is 2260. The van der Waals surface area contributed by atoms with Crippen molar-refractivity contribution in [2.45, 2.75) is 145 Å². The van der Waals surface area contributed by atoms with E-state index in [4.69, 9.17) is 14.2 Å². The van der Waals surface area contributed by atoms with E-state index in [0.29, 0.717) is 56.5 Å². The van der Waals surface area contributed by atoms with Crippen molar-refractivity contribution < 1.29 is 46.9 Å². The van der Waals surface area contributed by atoms with Crippen LogP contribution in [-0.2, 0) is 40.3 Å². The summed E-state index contributed by atoms with van der Waals surface area (Å²) in [6, 6.07) is 5.91. The third-order valence-electron chi connectivity index (χ3n) is 15.6. The summed E-state index contributed by atoms with van der Waals surface area (Å²) in [5.41, 5.74) is -0.599. The number of unbranched alkanes of at least 4 members (excludes halogenated alkanes) is 2. The highest BCUT2D eigenvalue weighted by molar-refractivity contribution is 7.91. The van der Waals surface area contributed by atoms with E-state index in [9.17, 15) is 32.7 Å². The van der Waals surface area contributed by atoms with Crippen LogP contribution in [0.2, 0.25) is 0 Å². The van der Waals surface area contributed by atoms with E-state index in [-0.39, 0.29) is 30.2 Å². The summed E-state index contributed by atoms with van der Waals surface area (Å²) in [5, 5.41) is 17.8. The van der Waals surface area contributed by atoms with Crippen LogP contribution < -0.4 is 15.4 Å². The molecule has 6 aliphatic rings. The average Bonchev–Trinajstić information content (AvgIpc) is 4.28. The maximum absolute atomic E-state index is 14.7. The molecular formula is C49H70N6O10S. The maximum atomic E-state index is 14.7. The van der Waals surface area contributed by atoms with Gasteiger partial charge in [0.05, 0.1) is 29.0 Å². The molecule has 4 aliphatic carbocycles. The zero-order chi connectivity index (χ0) is 46.9. The summed E-state index contributed by atoms with van der Waals surface area (Å²) in [6.45, 7) is 12.2. The van der Waals surface area contributed by atoms with Crippen molar-refractivity contribution in [1.29, 1.82) is 0 Å². The normalized spacial score (nSPS) is 27.0. The Morgan fingerprint density at radius 1 is 1.03 bits per heavy atom. The van der Waals surface area contributed by atoms with Gasteiger partial charge in [-0.25, -0.2) is 22.5 Å². The molecule has 2 saturated heterocycles. The van der Waals surface area contributed by atoms with Gasteiger partial charge in [0.2, 0.25) is 27.7 Å². The molecule has 362 valence electrons. The molecule has 6 fully saturated rings. The Morgan fingerprint density at radius 3 is 2.48 bits per heavy atom. The SMILES string of the molecule is C=C[C@@H]1C[C@]1(NC(=O)[C@@H]1CCCN1C(=O)[C@@H](NC(=O)O[C@@H]1C[C@H]1CCCCCc1c(O)nc2ccccc2c1OCCN1CCOCC1)C1(C)CCCCC1)C(=O)N(C)S(=O)(=O)C1(C)CC1. The summed E-state index contributed by atoms with van der Waals surface area (Å²) in [4.78, 5) is 64.6. The maximum Gasteiger partial charge on any atom is 0.408 e. The second-order valence-electron chi connectivity index (χ2n) is 20.3. The lowest BCUT2D eigenvalue weighted by molar-refractivity contribution is -0.144. The number of amides is 4. The highest BCUT2D eigenvalue weighted by Crippen LogP contribution is 2.50. The molecule has 16 nitrogen and oxygen atoms in total. The van der Waals surface area contributed by atoms with E-state index in [0.717, 1.165) is 112 Å². The molecule has 3 heterocycles. The van der Waals surface area contributed by atoms with Crippen LogP contribution in [0, 0.1) is 17.3 Å². The molecule has 17 heteroatoms. The fourth-order valence-electron chi connectivity index (χ4n) is 10.7. The second-order valence-corrected chi connectivity index (χ2v) is 22.8. The summed E-state index contributed by atoms with van der Waals surface area (Å²) in [5.74, 6) is -1.11. The van der Waals surface area contributed by atoms with Crippen LogP contribution >= 0.6 is 0 Å². The summed E-state index contributed by atoms with van der Waals surface area (Å²) < 4.78 is 44.2. The van der Waals surface area contributed by atoms with Crippen molar-refractivity contribution in [3.05, 3.63) is 42.5 Å². The number of carbonyl (C=O) groups excluding carboxylic acids is 4. The first kappa shape index (κ1) is 48.0. The lowest BCUT2D eigenvalue weighted by Gasteiger charge is -2.42. The van der Waals surface area contributed by atoms with Crippen molar-refractivity contribution in [2.75, 3.05) is 53.0 Å². The number of hydrogen-bond acceptors (Lipinski definition) is 12. The van der Waals surface area contributed by atoms with E-state index in [1.54, 1.807) is 13.0 Å². The number of fused-ring (bicyclic) bond motifs is 1. The Balaban J connectivity index is 0.841. The van der Waals surface area contributed by atoms with Gasteiger partial charge in [0, 0.05) is 44.5 Å². The standard InChI is InChI=1S/C49H70N6O10S/c1-5-34-32-49(34,45(59)53(4)66(61,62)48(3)22-23-48)52-43(57)38-19-14-24-55(38)44(58)41(47(2)20-12-7-13-21-47)51-46(60)65-39-31-33(39)15-8-6-9-17-36-40(64-30-27-54-25-28-63-29-26-54)35-16-10-11-18-37(35)50-42(36)56/h5,10-11,16,18,33-34,38-39,41H,1,6-9,12-15,17,19-32H2,2-4H3,(H,50,56)(H,51,60)(H,52,57)/t33-,34-,38+,39-,41-,49-/m1/s1. The largest absolute Gasteiger partial charge is 0.493 e. The summed E-state index contributed by atoms with van der Waals surface area (Å²) in [6.07, 6.45) is 12.0. The van der Waals surface area contributed by atoms with E-state index in [2.05, 4.69) is 27.1 Å². The number of para-hydroxylation sites is 1. The number of alkyl carbamates (subject to hydrolysis) is 1. The van der Waals surface area contributed by atoms with Gasteiger partial charge in [-0.3, -0.25) is 19.3 Å². The van der Waals surface area contributed by atoms with Gasteiger partial charge in [-0.05, 0) is 101 Å². The molecule has 3 N–H and O–H groups in total. The first-order chi connectivity index (χ1) is 31.6.